The highest BCUT2D eigenvalue weighted by Gasteiger charge is 2.32. The molecular formula is C18H25N3O3S. The number of hydrogen-bond acceptors (Lipinski definition) is 4. The smallest absolute Gasteiger partial charge is 0.224 e. The van der Waals surface area contributed by atoms with Crippen LogP contribution in [0.15, 0.2) is 24.3 Å². The predicted molar refractivity (Wildman–Crippen MR) is 96.1 cm³/mol. The molecule has 1 fully saturated rings. The van der Waals surface area contributed by atoms with E-state index < -0.39 is 10.0 Å². The Kier molecular flexibility index (Phi) is 6.57. The molecule has 136 valence electrons. The summed E-state index contributed by atoms with van der Waals surface area (Å²) in [6, 6.07) is 8.96. The van der Waals surface area contributed by atoms with Gasteiger partial charge < -0.3 is 5.32 Å². The monoisotopic (exact) mass is 363 g/mol. The zero-order chi connectivity index (χ0) is 18.4. The second-order valence-corrected chi connectivity index (χ2v) is 8.57. The average molecular weight is 363 g/mol. The summed E-state index contributed by atoms with van der Waals surface area (Å²) < 4.78 is 25.9. The maximum absolute atomic E-state index is 12.6. The highest BCUT2D eigenvalue weighted by molar-refractivity contribution is 7.89. The Morgan fingerprint density at radius 3 is 2.68 bits per heavy atom. The predicted octanol–water partition coefficient (Wildman–Crippen LogP) is 2.19. The summed E-state index contributed by atoms with van der Waals surface area (Å²) in [4.78, 5) is 12.6. The molecule has 1 heterocycles. The first-order valence-corrected chi connectivity index (χ1v) is 10.3. The maximum Gasteiger partial charge on any atom is 0.224 e. The van der Waals surface area contributed by atoms with Gasteiger partial charge in [-0.15, -0.1) is 0 Å². The van der Waals surface area contributed by atoms with Crippen molar-refractivity contribution in [1.82, 2.24) is 9.62 Å². The lowest BCUT2D eigenvalue weighted by Gasteiger charge is -2.31. The molecule has 0 aliphatic carbocycles. The minimum absolute atomic E-state index is 0.117. The number of benzene rings is 1. The summed E-state index contributed by atoms with van der Waals surface area (Å²) in [7, 11) is -3.27. The summed E-state index contributed by atoms with van der Waals surface area (Å²) >= 11 is 0. The SMILES string of the molecule is CCCS(=O)(=O)N1CCC[C@H](C(=O)N[C@@H](C)c2ccc(C#N)cc2)C1. The minimum atomic E-state index is -3.27. The second kappa shape index (κ2) is 8.45. The minimum Gasteiger partial charge on any atom is -0.349 e. The van der Waals surface area contributed by atoms with E-state index in [4.69, 9.17) is 5.26 Å². The van der Waals surface area contributed by atoms with Gasteiger partial charge >= 0.3 is 0 Å². The number of rotatable bonds is 6. The molecular weight excluding hydrogens is 338 g/mol. The molecule has 1 amide bonds. The van der Waals surface area contributed by atoms with Crippen LogP contribution in [-0.4, -0.2) is 37.5 Å². The van der Waals surface area contributed by atoms with Crippen molar-refractivity contribution in [2.45, 2.75) is 39.2 Å². The normalized spacial score (nSPS) is 19.8. The summed E-state index contributed by atoms with van der Waals surface area (Å²) in [5.74, 6) is -0.308. The van der Waals surface area contributed by atoms with Crippen LogP contribution in [0.4, 0.5) is 0 Å². The van der Waals surface area contributed by atoms with Gasteiger partial charge in [-0.2, -0.15) is 5.26 Å². The van der Waals surface area contributed by atoms with Crippen molar-refractivity contribution in [3.05, 3.63) is 35.4 Å². The van der Waals surface area contributed by atoms with E-state index in [0.29, 0.717) is 31.4 Å². The number of nitriles is 1. The van der Waals surface area contributed by atoms with E-state index in [0.717, 1.165) is 5.56 Å². The van der Waals surface area contributed by atoms with Crippen molar-refractivity contribution in [1.29, 1.82) is 5.26 Å². The molecule has 2 rings (SSSR count). The molecule has 1 N–H and O–H groups in total. The maximum atomic E-state index is 12.6. The van der Waals surface area contributed by atoms with Crippen LogP contribution in [0.3, 0.4) is 0 Å². The fraction of sp³-hybridized carbons (Fsp3) is 0.556. The van der Waals surface area contributed by atoms with Crippen molar-refractivity contribution in [2.75, 3.05) is 18.8 Å². The summed E-state index contributed by atoms with van der Waals surface area (Å²) in [5.41, 5.74) is 1.49. The largest absolute Gasteiger partial charge is 0.349 e. The first-order valence-electron chi connectivity index (χ1n) is 8.65. The van der Waals surface area contributed by atoms with E-state index in [1.807, 2.05) is 26.0 Å². The first kappa shape index (κ1) is 19.4. The van der Waals surface area contributed by atoms with Crippen LogP contribution in [-0.2, 0) is 14.8 Å². The summed E-state index contributed by atoms with van der Waals surface area (Å²) in [6.45, 7) is 4.48. The van der Waals surface area contributed by atoms with Crippen LogP contribution in [0.1, 0.15) is 50.3 Å². The van der Waals surface area contributed by atoms with E-state index in [2.05, 4.69) is 11.4 Å². The van der Waals surface area contributed by atoms with Crippen LogP contribution in [0, 0.1) is 17.2 Å². The molecule has 1 saturated heterocycles. The van der Waals surface area contributed by atoms with Crippen molar-refractivity contribution >= 4 is 15.9 Å². The van der Waals surface area contributed by atoms with Crippen LogP contribution >= 0.6 is 0 Å². The molecule has 1 aliphatic heterocycles. The molecule has 25 heavy (non-hydrogen) atoms. The van der Waals surface area contributed by atoms with E-state index >= 15 is 0 Å². The molecule has 1 aliphatic rings. The molecule has 0 aromatic heterocycles. The topological polar surface area (TPSA) is 90.3 Å². The van der Waals surface area contributed by atoms with Gasteiger partial charge in [-0.3, -0.25) is 4.79 Å². The van der Waals surface area contributed by atoms with Gasteiger partial charge in [0.2, 0.25) is 15.9 Å². The number of sulfonamides is 1. The molecule has 0 radical (unpaired) electrons. The van der Waals surface area contributed by atoms with Crippen LogP contribution in [0.25, 0.3) is 0 Å². The van der Waals surface area contributed by atoms with Gasteiger partial charge in [-0.1, -0.05) is 19.1 Å². The summed E-state index contributed by atoms with van der Waals surface area (Å²) in [5, 5.41) is 11.8. The second-order valence-electron chi connectivity index (χ2n) is 6.48. The Balaban J connectivity index is 1.98. The molecule has 1 aromatic rings. The van der Waals surface area contributed by atoms with E-state index in [1.54, 1.807) is 12.1 Å². The Morgan fingerprint density at radius 1 is 1.40 bits per heavy atom. The fourth-order valence-corrected chi connectivity index (χ4v) is 4.65. The highest BCUT2D eigenvalue weighted by atomic mass is 32.2. The molecule has 1 aromatic carbocycles. The zero-order valence-corrected chi connectivity index (χ0v) is 15.6. The number of nitrogens with zero attached hydrogens (tertiary/aromatic N) is 2. The molecule has 0 bridgehead atoms. The Morgan fingerprint density at radius 2 is 2.08 bits per heavy atom. The molecule has 0 unspecified atom stereocenters. The third-order valence-electron chi connectivity index (χ3n) is 4.51. The Labute approximate surface area is 149 Å². The lowest BCUT2D eigenvalue weighted by Crippen LogP contribution is -2.46. The Hall–Kier alpha value is -1.91. The van der Waals surface area contributed by atoms with E-state index in [1.165, 1.54) is 4.31 Å². The van der Waals surface area contributed by atoms with Crippen molar-refractivity contribution in [3.8, 4) is 6.07 Å². The first-order chi connectivity index (χ1) is 11.9. The van der Waals surface area contributed by atoms with Gasteiger partial charge in [0.25, 0.3) is 0 Å². The van der Waals surface area contributed by atoms with Gasteiger partial charge in [0.1, 0.15) is 0 Å². The third kappa shape index (κ3) is 5.03. The number of nitrogens with one attached hydrogen (secondary N) is 1. The van der Waals surface area contributed by atoms with Crippen molar-refractivity contribution in [2.24, 2.45) is 5.92 Å². The number of piperidine rings is 1. The van der Waals surface area contributed by atoms with Crippen LogP contribution in [0.2, 0.25) is 0 Å². The van der Waals surface area contributed by atoms with Gasteiger partial charge in [-0.25, -0.2) is 12.7 Å². The standard InChI is InChI=1S/C18H25N3O3S/c1-3-11-25(23,24)21-10-4-5-17(13-21)18(22)20-14(2)16-8-6-15(12-19)7-9-16/h6-9,14,17H,3-5,10-11,13H2,1-2H3,(H,20,22)/t14-,17-/m0/s1. The summed E-state index contributed by atoms with van der Waals surface area (Å²) in [6.07, 6.45) is 1.97. The van der Waals surface area contributed by atoms with Crippen LogP contribution in [0.5, 0.6) is 0 Å². The quantitative estimate of drug-likeness (QED) is 0.839. The number of carbonyl (C=O) groups is 1. The van der Waals surface area contributed by atoms with Crippen molar-refractivity contribution in [3.63, 3.8) is 0 Å². The number of hydrogen-bond donors (Lipinski definition) is 1. The Bertz CT molecular complexity index is 738. The molecule has 7 heteroatoms. The molecule has 0 saturated carbocycles. The zero-order valence-electron chi connectivity index (χ0n) is 14.7. The van der Waals surface area contributed by atoms with E-state index in [9.17, 15) is 13.2 Å². The van der Waals surface area contributed by atoms with Crippen molar-refractivity contribution < 1.29 is 13.2 Å². The molecule has 0 spiro atoms. The molecule has 6 nitrogen and oxygen atoms in total. The van der Waals surface area contributed by atoms with Gasteiger partial charge in [0.05, 0.1) is 29.3 Å². The highest BCUT2D eigenvalue weighted by Crippen LogP contribution is 2.21. The van der Waals surface area contributed by atoms with Gasteiger partial charge in [0, 0.05) is 13.1 Å². The number of amides is 1. The lowest BCUT2D eigenvalue weighted by molar-refractivity contribution is -0.126. The van der Waals surface area contributed by atoms with Crippen LogP contribution < -0.4 is 5.32 Å². The third-order valence-corrected chi connectivity index (χ3v) is 6.55. The van der Waals surface area contributed by atoms with E-state index in [-0.39, 0.29) is 30.2 Å². The van der Waals surface area contributed by atoms with Gasteiger partial charge in [0.15, 0.2) is 0 Å². The molecule has 2 atom stereocenters. The fourth-order valence-electron chi connectivity index (χ4n) is 3.06. The number of carbonyl (C=O) groups excluding carboxylic acids is 1. The average Bonchev–Trinajstić information content (AvgIpc) is 2.61. The van der Waals surface area contributed by atoms with Gasteiger partial charge in [-0.05, 0) is 43.9 Å². The lowest BCUT2D eigenvalue weighted by atomic mass is 9.97.